The molecule has 2 rings (SSSR count). The number of carbonyl (C=O) groups is 2. The second kappa shape index (κ2) is 9.76. The Kier molecular flexibility index (Phi) is 7.41. The SMILES string of the molecule is CCc1cccc(C)c1NC(=O)COC(=O)c1cccc(OCC(C)C)c1. The Balaban J connectivity index is 1.94. The second-order valence-corrected chi connectivity index (χ2v) is 6.82. The van der Waals surface area contributed by atoms with E-state index in [4.69, 9.17) is 9.47 Å². The Bertz CT molecular complexity index is 799. The summed E-state index contributed by atoms with van der Waals surface area (Å²) < 4.78 is 10.8. The zero-order valence-electron chi connectivity index (χ0n) is 16.4. The molecule has 0 aromatic heterocycles. The monoisotopic (exact) mass is 369 g/mol. The molecule has 0 aliphatic heterocycles. The number of para-hydroxylation sites is 1. The quantitative estimate of drug-likeness (QED) is 0.701. The molecule has 5 heteroatoms. The standard InChI is InChI=1S/C22H27NO4/c1-5-17-9-6-8-16(4)21(17)23-20(24)14-27-22(25)18-10-7-11-19(12-18)26-13-15(2)3/h6-12,15H,5,13-14H2,1-4H3,(H,23,24). The molecule has 1 amide bonds. The van der Waals surface area contributed by atoms with Gasteiger partial charge in [0.05, 0.1) is 12.2 Å². The molecule has 0 fully saturated rings. The molecule has 2 aromatic rings. The predicted molar refractivity (Wildman–Crippen MR) is 106 cm³/mol. The first-order chi connectivity index (χ1) is 12.9. The highest BCUT2D eigenvalue weighted by Gasteiger charge is 2.13. The maximum absolute atomic E-state index is 12.2. The predicted octanol–water partition coefficient (Wildman–Crippen LogP) is 4.39. The first-order valence-electron chi connectivity index (χ1n) is 9.19. The lowest BCUT2D eigenvalue weighted by Gasteiger charge is -2.13. The number of hydrogen-bond donors (Lipinski definition) is 1. The molecule has 144 valence electrons. The minimum atomic E-state index is -0.555. The molecule has 0 saturated heterocycles. The van der Waals surface area contributed by atoms with Crippen molar-refractivity contribution >= 4 is 17.6 Å². The highest BCUT2D eigenvalue weighted by atomic mass is 16.5. The molecular weight excluding hydrogens is 342 g/mol. The Hall–Kier alpha value is -2.82. The molecule has 0 bridgehead atoms. The summed E-state index contributed by atoms with van der Waals surface area (Å²) in [6.07, 6.45) is 0.806. The van der Waals surface area contributed by atoms with E-state index in [1.54, 1.807) is 24.3 Å². The summed E-state index contributed by atoms with van der Waals surface area (Å²) in [5.74, 6) is 0.0778. The van der Waals surface area contributed by atoms with Crippen LogP contribution in [0.1, 0.15) is 42.3 Å². The summed E-state index contributed by atoms with van der Waals surface area (Å²) in [6, 6.07) is 12.6. The van der Waals surface area contributed by atoms with E-state index in [9.17, 15) is 9.59 Å². The number of anilines is 1. The van der Waals surface area contributed by atoms with Crippen LogP contribution in [0.5, 0.6) is 5.75 Å². The van der Waals surface area contributed by atoms with Crippen molar-refractivity contribution in [2.45, 2.75) is 34.1 Å². The van der Waals surface area contributed by atoms with Crippen LogP contribution in [0.2, 0.25) is 0 Å². The van der Waals surface area contributed by atoms with Gasteiger partial charge < -0.3 is 14.8 Å². The lowest BCUT2D eigenvalue weighted by atomic mass is 10.1. The van der Waals surface area contributed by atoms with Crippen LogP contribution in [0.4, 0.5) is 5.69 Å². The van der Waals surface area contributed by atoms with Gasteiger partial charge in [-0.15, -0.1) is 0 Å². The van der Waals surface area contributed by atoms with Gasteiger partial charge in [-0.25, -0.2) is 4.79 Å². The van der Waals surface area contributed by atoms with Crippen LogP contribution in [-0.4, -0.2) is 25.1 Å². The number of rotatable bonds is 8. The highest BCUT2D eigenvalue weighted by Crippen LogP contribution is 2.21. The molecule has 0 radical (unpaired) electrons. The third kappa shape index (κ3) is 6.13. The van der Waals surface area contributed by atoms with Crippen LogP contribution in [-0.2, 0) is 16.0 Å². The fourth-order valence-electron chi connectivity index (χ4n) is 2.57. The molecule has 0 atom stereocenters. The van der Waals surface area contributed by atoms with E-state index in [2.05, 4.69) is 19.2 Å². The lowest BCUT2D eigenvalue weighted by molar-refractivity contribution is -0.119. The maximum Gasteiger partial charge on any atom is 0.338 e. The molecule has 2 aromatic carbocycles. The van der Waals surface area contributed by atoms with E-state index >= 15 is 0 Å². The first kappa shape index (κ1) is 20.5. The molecule has 0 spiro atoms. The van der Waals surface area contributed by atoms with Crippen LogP contribution >= 0.6 is 0 Å². The minimum Gasteiger partial charge on any atom is -0.493 e. The van der Waals surface area contributed by atoms with E-state index in [0.717, 1.165) is 23.2 Å². The van der Waals surface area contributed by atoms with E-state index in [1.165, 1.54) is 0 Å². The zero-order chi connectivity index (χ0) is 19.8. The molecule has 27 heavy (non-hydrogen) atoms. The first-order valence-corrected chi connectivity index (χ1v) is 9.19. The number of nitrogens with one attached hydrogen (secondary N) is 1. The summed E-state index contributed by atoms with van der Waals surface area (Å²) in [4.78, 5) is 24.4. The Morgan fingerprint density at radius 1 is 1.11 bits per heavy atom. The van der Waals surface area contributed by atoms with Gasteiger partial charge in [0.15, 0.2) is 6.61 Å². The number of esters is 1. The number of carbonyl (C=O) groups excluding carboxylic acids is 2. The smallest absolute Gasteiger partial charge is 0.338 e. The number of amides is 1. The van der Waals surface area contributed by atoms with Crippen LogP contribution in [0, 0.1) is 12.8 Å². The number of ether oxygens (including phenoxy) is 2. The second-order valence-electron chi connectivity index (χ2n) is 6.82. The van der Waals surface area contributed by atoms with Gasteiger partial charge in [0.25, 0.3) is 5.91 Å². The number of benzene rings is 2. The summed E-state index contributed by atoms with van der Waals surface area (Å²) in [5, 5.41) is 2.84. The number of hydrogen-bond acceptors (Lipinski definition) is 4. The van der Waals surface area contributed by atoms with Gasteiger partial charge in [0, 0.05) is 5.69 Å². The highest BCUT2D eigenvalue weighted by molar-refractivity contribution is 5.96. The molecule has 0 heterocycles. The van der Waals surface area contributed by atoms with Crippen molar-refractivity contribution in [3.05, 3.63) is 59.2 Å². The zero-order valence-corrected chi connectivity index (χ0v) is 16.4. The van der Waals surface area contributed by atoms with E-state index in [0.29, 0.717) is 23.8 Å². The van der Waals surface area contributed by atoms with Gasteiger partial charge in [-0.2, -0.15) is 0 Å². The molecule has 0 unspecified atom stereocenters. The van der Waals surface area contributed by atoms with Crippen molar-refractivity contribution in [3.63, 3.8) is 0 Å². The van der Waals surface area contributed by atoms with Gasteiger partial charge in [0.2, 0.25) is 0 Å². The van der Waals surface area contributed by atoms with Crippen molar-refractivity contribution in [2.24, 2.45) is 5.92 Å². The average Bonchev–Trinajstić information content (AvgIpc) is 2.66. The molecular formula is C22H27NO4. The topological polar surface area (TPSA) is 64.6 Å². The molecule has 5 nitrogen and oxygen atoms in total. The van der Waals surface area contributed by atoms with Gasteiger partial charge in [-0.05, 0) is 48.6 Å². The largest absolute Gasteiger partial charge is 0.493 e. The van der Waals surface area contributed by atoms with Crippen molar-refractivity contribution in [3.8, 4) is 5.75 Å². The van der Waals surface area contributed by atoms with E-state index in [-0.39, 0.29) is 12.5 Å². The minimum absolute atomic E-state index is 0.340. The van der Waals surface area contributed by atoms with Gasteiger partial charge in [-0.3, -0.25) is 4.79 Å². The fraction of sp³-hybridized carbons (Fsp3) is 0.364. The van der Waals surface area contributed by atoms with Crippen molar-refractivity contribution in [2.75, 3.05) is 18.5 Å². The summed E-state index contributed by atoms with van der Waals surface area (Å²) >= 11 is 0. The summed E-state index contributed by atoms with van der Waals surface area (Å²) in [7, 11) is 0. The van der Waals surface area contributed by atoms with Crippen LogP contribution in [0.25, 0.3) is 0 Å². The van der Waals surface area contributed by atoms with Crippen molar-refractivity contribution in [1.29, 1.82) is 0 Å². The number of aryl methyl sites for hydroxylation is 2. The fourth-order valence-corrected chi connectivity index (χ4v) is 2.57. The third-order valence-corrected chi connectivity index (χ3v) is 3.99. The van der Waals surface area contributed by atoms with E-state index in [1.807, 2.05) is 32.0 Å². The molecule has 0 aliphatic rings. The normalized spacial score (nSPS) is 10.6. The van der Waals surface area contributed by atoms with Crippen LogP contribution < -0.4 is 10.1 Å². The Morgan fingerprint density at radius 2 is 1.85 bits per heavy atom. The maximum atomic E-state index is 12.2. The Morgan fingerprint density at radius 3 is 2.56 bits per heavy atom. The lowest BCUT2D eigenvalue weighted by Crippen LogP contribution is -2.22. The van der Waals surface area contributed by atoms with Gasteiger partial charge in [-0.1, -0.05) is 45.0 Å². The van der Waals surface area contributed by atoms with E-state index < -0.39 is 5.97 Å². The van der Waals surface area contributed by atoms with Gasteiger partial charge >= 0.3 is 5.97 Å². The third-order valence-electron chi connectivity index (χ3n) is 3.99. The van der Waals surface area contributed by atoms with Crippen molar-refractivity contribution < 1.29 is 19.1 Å². The summed E-state index contributed by atoms with van der Waals surface area (Å²) in [6.45, 7) is 8.29. The molecule has 0 saturated carbocycles. The van der Waals surface area contributed by atoms with Crippen LogP contribution in [0.3, 0.4) is 0 Å². The summed E-state index contributed by atoms with van der Waals surface area (Å²) in [5.41, 5.74) is 3.16. The average molecular weight is 369 g/mol. The van der Waals surface area contributed by atoms with Crippen LogP contribution in [0.15, 0.2) is 42.5 Å². The molecule has 1 N–H and O–H groups in total. The Labute approximate surface area is 160 Å². The van der Waals surface area contributed by atoms with Gasteiger partial charge in [0.1, 0.15) is 5.75 Å². The van der Waals surface area contributed by atoms with Crippen molar-refractivity contribution in [1.82, 2.24) is 0 Å². The molecule has 0 aliphatic carbocycles.